The van der Waals surface area contributed by atoms with Gasteiger partial charge in [-0.15, -0.1) is 11.3 Å². The second-order valence-electron chi connectivity index (χ2n) is 25.7. The van der Waals surface area contributed by atoms with Gasteiger partial charge in [0.05, 0.1) is 51.0 Å². The Labute approximate surface area is 536 Å². The molecular weight excluding hydrogens is 1190 g/mol. The average molecular weight is 1280 g/mol. The summed E-state index contributed by atoms with van der Waals surface area (Å²) in [5.41, 5.74) is 4.91. The lowest BCUT2D eigenvalue weighted by Gasteiger charge is -2.35. The van der Waals surface area contributed by atoms with E-state index in [0.717, 1.165) is 129 Å². The quantitative estimate of drug-likeness (QED) is 0.0245. The second kappa shape index (κ2) is 32.2. The summed E-state index contributed by atoms with van der Waals surface area (Å²) >= 11 is 1.57. The first kappa shape index (κ1) is 69.4. The van der Waals surface area contributed by atoms with Crippen LogP contribution in [0.3, 0.4) is 0 Å². The predicted octanol–water partition coefficient (Wildman–Crippen LogP) is 9.26. The van der Waals surface area contributed by atoms with Crippen molar-refractivity contribution < 1.29 is 46.7 Å². The number of hydrogen-bond acceptors (Lipinski definition) is 14. The number of hydrogen-bond donors (Lipinski definition) is 5. The molecule has 23 heteroatoms. The Bertz CT molecular complexity index is 3350. The summed E-state index contributed by atoms with van der Waals surface area (Å²) in [6.45, 7) is 19.7. The smallest absolute Gasteiger partial charge is 0.417 e. The van der Waals surface area contributed by atoms with Gasteiger partial charge in [-0.3, -0.25) is 43.4 Å². The van der Waals surface area contributed by atoms with Gasteiger partial charge in [-0.1, -0.05) is 115 Å². The van der Waals surface area contributed by atoms with Crippen molar-refractivity contribution in [3.63, 3.8) is 0 Å². The van der Waals surface area contributed by atoms with E-state index in [9.17, 15) is 46.7 Å². The number of ether oxygens (including phenoxy) is 1. The van der Waals surface area contributed by atoms with Gasteiger partial charge in [-0.05, 0) is 78.2 Å². The number of aromatic amines is 1. The Hall–Kier alpha value is -7.47. The van der Waals surface area contributed by atoms with Crippen molar-refractivity contribution in [3.8, 4) is 21.6 Å². The third-order valence-electron chi connectivity index (χ3n) is 17.2. The number of anilines is 2. The fraction of sp³-hybridized carbons (Fsp3) is 0.529. The minimum absolute atomic E-state index is 0.0385. The molecule has 3 aliphatic rings. The minimum Gasteiger partial charge on any atom is -0.460 e. The van der Waals surface area contributed by atoms with Crippen LogP contribution in [-0.4, -0.2) is 162 Å². The van der Waals surface area contributed by atoms with Gasteiger partial charge >= 0.3 is 12.1 Å². The highest BCUT2D eigenvalue weighted by Crippen LogP contribution is 2.36. The minimum atomic E-state index is -4.91. The third-order valence-corrected chi connectivity index (χ3v) is 18.2. The van der Waals surface area contributed by atoms with Crippen LogP contribution < -0.4 is 31.7 Å². The molecule has 492 valence electrons. The zero-order chi connectivity index (χ0) is 65.4. The number of pyridine rings is 1. The van der Waals surface area contributed by atoms with Crippen molar-refractivity contribution in [2.45, 2.75) is 143 Å². The highest BCUT2D eigenvalue weighted by Gasteiger charge is 2.46. The Morgan fingerprint density at radius 2 is 1.41 bits per heavy atom. The van der Waals surface area contributed by atoms with Crippen molar-refractivity contribution >= 4 is 58.2 Å². The van der Waals surface area contributed by atoms with E-state index in [1.54, 1.807) is 31.3 Å². The number of unbranched alkanes of at least 4 members (excludes halogenated alkanes) is 6. The number of amides is 5. The zero-order valence-corrected chi connectivity index (χ0v) is 54.5. The van der Waals surface area contributed by atoms with Gasteiger partial charge in [-0.2, -0.15) is 13.2 Å². The molecule has 3 unspecified atom stereocenters. The van der Waals surface area contributed by atoms with E-state index in [1.807, 2.05) is 88.8 Å². The number of carbonyl (C=O) groups excluding carboxylic acids is 6. The number of nitrogens with zero attached hydrogens (tertiary/aromatic N) is 6. The number of likely N-dealkylation sites (tertiary alicyclic amines) is 1. The van der Waals surface area contributed by atoms with Gasteiger partial charge in [0.2, 0.25) is 29.2 Å². The van der Waals surface area contributed by atoms with Crippen molar-refractivity contribution in [1.82, 2.24) is 45.5 Å². The fourth-order valence-corrected chi connectivity index (χ4v) is 12.6. The molecule has 3 aromatic carbocycles. The maximum Gasteiger partial charge on any atom is 0.417 e. The summed E-state index contributed by atoms with van der Waals surface area (Å²) in [7, 11) is 2.02. The lowest BCUT2D eigenvalue weighted by molar-refractivity contribution is -0.153. The van der Waals surface area contributed by atoms with E-state index in [-0.39, 0.29) is 49.6 Å². The van der Waals surface area contributed by atoms with Crippen LogP contribution in [-0.2, 0) is 48.0 Å². The molecule has 3 atom stereocenters. The number of carbonyl (C=O) groups is 6. The van der Waals surface area contributed by atoms with E-state index in [2.05, 4.69) is 63.0 Å². The van der Waals surface area contributed by atoms with E-state index in [4.69, 9.17) is 4.74 Å². The first-order chi connectivity index (χ1) is 43.4. The molecule has 5 amide bonds. The molecule has 0 bridgehead atoms. The highest BCUT2D eigenvalue weighted by molar-refractivity contribution is 7.13. The number of rotatable bonds is 27. The molecule has 5 heterocycles. The first-order valence-corrected chi connectivity index (χ1v) is 32.8. The number of benzene rings is 3. The molecule has 91 heavy (non-hydrogen) atoms. The normalized spacial score (nSPS) is 17.2. The van der Waals surface area contributed by atoms with E-state index in [1.165, 1.54) is 4.90 Å². The van der Waals surface area contributed by atoms with E-state index in [0.29, 0.717) is 56.5 Å². The van der Waals surface area contributed by atoms with Crippen LogP contribution in [0.2, 0.25) is 0 Å². The largest absolute Gasteiger partial charge is 0.460 e. The number of piperazine rings is 2. The lowest BCUT2D eigenvalue weighted by Crippen LogP contribution is -2.57. The SMILES string of the molecule is Cc1ncsc1-c1ccc(CNC(=O)C2CC(OC(=O)C(C)C)CN2C(=O)C(NC(=O)CCCCCCCCCC(=O)NCCN2CCN(Cc3cccc(-c4ccc(N5CCN(C)CC5)c(NC(=O)c5c[nH]c(=O)cc5C(F)(F)F)c4)c3)CC2)C(C)(C)C)cc1. The maximum absolute atomic E-state index is 14.5. The number of thiazole rings is 1. The molecule has 0 radical (unpaired) electrons. The summed E-state index contributed by atoms with van der Waals surface area (Å²) in [5.74, 6) is -2.72. The van der Waals surface area contributed by atoms with Crippen LogP contribution in [0.5, 0.6) is 0 Å². The van der Waals surface area contributed by atoms with Crippen molar-refractivity contribution in [3.05, 3.63) is 123 Å². The molecular formula is C68H90F3N11O8S. The molecule has 5 aromatic rings. The number of nitrogens with one attached hydrogen (secondary N) is 5. The number of aryl methyl sites for hydroxylation is 1. The molecule has 3 fully saturated rings. The van der Waals surface area contributed by atoms with Gasteiger partial charge in [0, 0.05) is 110 Å². The first-order valence-electron chi connectivity index (χ1n) is 32.0. The molecule has 3 aliphatic heterocycles. The molecule has 19 nitrogen and oxygen atoms in total. The van der Waals surface area contributed by atoms with Gasteiger partial charge in [0.15, 0.2) is 0 Å². The van der Waals surface area contributed by atoms with Gasteiger partial charge < -0.3 is 45.7 Å². The summed E-state index contributed by atoms with van der Waals surface area (Å²) in [6.07, 6.45) is 2.21. The highest BCUT2D eigenvalue weighted by atomic mass is 32.1. The lowest BCUT2D eigenvalue weighted by atomic mass is 9.85. The molecule has 5 N–H and O–H groups in total. The van der Waals surface area contributed by atoms with Crippen LogP contribution in [0.25, 0.3) is 21.6 Å². The van der Waals surface area contributed by atoms with Gasteiger partial charge in [-0.25, -0.2) is 4.98 Å². The van der Waals surface area contributed by atoms with Gasteiger partial charge in [0.1, 0.15) is 18.2 Å². The Balaban J connectivity index is 0.708. The number of halogens is 3. The summed E-state index contributed by atoms with van der Waals surface area (Å²) in [5, 5.41) is 11.8. The number of esters is 1. The Kier molecular flexibility index (Phi) is 24.6. The van der Waals surface area contributed by atoms with Crippen molar-refractivity contribution in [1.29, 1.82) is 0 Å². The van der Waals surface area contributed by atoms with Crippen molar-refractivity contribution in [2.75, 3.05) is 89.3 Å². The van der Waals surface area contributed by atoms with Crippen LogP contribution in [0, 0.1) is 18.3 Å². The molecule has 3 saturated heterocycles. The molecule has 0 spiro atoms. The Morgan fingerprint density at radius 3 is 2.05 bits per heavy atom. The zero-order valence-electron chi connectivity index (χ0n) is 53.6. The van der Waals surface area contributed by atoms with Crippen LogP contribution >= 0.6 is 11.3 Å². The van der Waals surface area contributed by atoms with Crippen LogP contribution in [0.15, 0.2) is 89.3 Å². The standard InChI is InChI=1S/C68H90F3N11O8S/c1-45(2)66(89)90-52-38-57(64(87)74-40-47-20-22-49(23-21-47)61-46(3)75-44-91-61)82(43-52)65(88)62(67(4,5)6)77-59(84)19-14-12-10-8-9-11-13-18-58(83)72-26-27-79-30-32-80(33-31-79)42-48-16-15-17-50(36-48)51-24-25-56(81-34-28-78(7)29-35-81)55(37-51)76-63(86)53-41-73-60(85)39-54(53)68(69,70)71/h15-17,20-25,36-37,39,41,44-45,52,57,62H,8-14,18-19,26-35,38,40,42-43H2,1-7H3,(H,72,83)(H,73,85)(H,74,87)(H,76,86)(H,77,84). The summed E-state index contributed by atoms with van der Waals surface area (Å²) in [6, 6.07) is 20.2. The van der Waals surface area contributed by atoms with Crippen LogP contribution in [0.1, 0.15) is 132 Å². The molecule has 2 aromatic heterocycles. The third kappa shape index (κ3) is 20.0. The van der Waals surface area contributed by atoms with Gasteiger partial charge in [0.25, 0.3) is 5.91 Å². The fourth-order valence-electron chi connectivity index (χ4n) is 11.8. The van der Waals surface area contributed by atoms with E-state index >= 15 is 0 Å². The molecule has 0 aliphatic carbocycles. The number of alkyl halides is 3. The van der Waals surface area contributed by atoms with Crippen molar-refractivity contribution in [2.24, 2.45) is 11.3 Å². The number of likely N-dealkylation sites (N-methyl/N-ethyl adjacent to an activating group) is 1. The Morgan fingerprint density at radius 1 is 0.758 bits per heavy atom. The molecule has 0 saturated carbocycles. The monoisotopic (exact) mass is 1280 g/mol. The van der Waals surface area contributed by atoms with E-state index < -0.39 is 64.2 Å². The number of H-pyrrole nitrogens is 1. The summed E-state index contributed by atoms with van der Waals surface area (Å²) < 4.78 is 47.7. The summed E-state index contributed by atoms with van der Waals surface area (Å²) in [4.78, 5) is 111. The number of aromatic nitrogens is 2. The predicted molar refractivity (Wildman–Crippen MR) is 348 cm³/mol. The topological polar surface area (TPSA) is 222 Å². The van der Waals surface area contributed by atoms with Crippen LogP contribution in [0.4, 0.5) is 24.5 Å². The molecule has 8 rings (SSSR count). The maximum atomic E-state index is 14.5. The second-order valence-corrected chi connectivity index (χ2v) is 26.6. The average Bonchev–Trinajstić information content (AvgIpc) is 1.83.